The molecule has 0 aliphatic carbocycles. The Balaban J connectivity index is 2.35. The predicted octanol–water partition coefficient (Wildman–Crippen LogP) is 1.82. The second-order valence-corrected chi connectivity index (χ2v) is 8.32. The first-order chi connectivity index (χ1) is 14.0. The number of methoxy groups -OCH3 is 1. The van der Waals surface area contributed by atoms with E-state index < -0.39 is 37.7 Å². The molecule has 0 aliphatic rings. The first kappa shape index (κ1) is 23.3. The number of esters is 1. The number of halogens is 2. The molecule has 2 aromatic rings. The van der Waals surface area contributed by atoms with Gasteiger partial charge in [0.25, 0.3) is 15.9 Å². The molecule has 30 heavy (non-hydrogen) atoms. The fourth-order valence-electron chi connectivity index (χ4n) is 2.11. The summed E-state index contributed by atoms with van der Waals surface area (Å²) in [6.07, 6.45) is 1.37. The van der Waals surface area contributed by atoms with E-state index in [1.165, 1.54) is 12.3 Å². The Hall–Kier alpha value is -2.96. The fraction of sp³-hybridized carbons (Fsp3) is 0.188. The average Bonchev–Trinajstić information content (AvgIpc) is 2.66. The van der Waals surface area contributed by atoms with Crippen molar-refractivity contribution in [3.05, 3.63) is 41.7 Å². The molecule has 3 amide bonds. The van der Waals surface area contributed by atoms with Crippen molar-refractivity contribution in [1.82, 2.24) is 14.7 Å². The Bertz CT molecular complexity index is 1090. The third kappa shape index (κ3) is 6.02. The molecule has 0 saturated carbocycles. The smallest absolute Gasteiger partial charge is 0.339 e. The minimum Gasteiger partial charge on any atom is -0.465 e. The highest BCUT2D eigenvalue weighted by Gasteiger charge is 2.26. The maximum absolute atomic E-state index is 12.7. The van der Waals surface area contributed by atoms with Crippen LogP contribution in [-0.4, -0.2) is 48.2 Å². The Morgan fingerprint density at radius 3 is 2.43 bits per heavy atom. The molecule has 0 radical (unpaired) electrons. The van der Waals surface area contributed by atoms with Crippen LogP contribution in [0.25, 0.3) is 0 Å². The third-order valence-corrected chi connectivity index (χ3v) is 5.16. The van der Waals surface area contributed by atoms with Gasteiger partial charge in [0.1, 0.15) is 4.90 Å². The number of aromatic nitrogens is 2. The van der Waals surface area contributed by atoms with E-state index in [1.807, 2.05) is 0 Å². The van der Waals surface area contributed by atoms with Crippen LogP contribution in [0.3, 0.4) is 0 Å². The second-order valence-electron chi connectivity index (χ2n) is 5.57. The number of hydrogen-bond donors (Lipinski definition) is 3. The number of amides is 3. The van der Waals surface area contributed by atoms with Crippen LogP contribution in [0.5, 0.6) is 0 Å². The number of carbonyl (C=O) groups is 3. The lowest BCUT2D eigenvalue weighted by Gasteiger charge is -2.13. The van der Waals surface area contributed by atoms with Crippen molar-refractivity contribution in [3.8, 4) is 0 Å². The van der Waals surface area contributed by atoms with Crippen LogP contribution < -0.4 is 15.4 Å². The van der Waals surface area contributed by atoms with Gasteiger partial charge in [-0.15, -0.1) is 0 Å². The lowest BCUT2D eigenvalue weighted by Crippen LogP contribution is -2.35. The molecule has 0 unspecified atom stereocenters. The first-order valence-corrected chi connectivity index (χ1v) is 10.3. The number of alkyl halides is 2. The third-order valence-electron chi connectivity index (χ3n) is 3.39. The average molecular weight is 476 g/mol. The molecule has 11 nitrogen and oxygen atoms in total. The first-order valence-electron chi connectivity index (χ1n) is 7.98. The van der Waals surface area contributed by atoms with E-state index in [0.717, 1.165) is 19.2 Å². The standard InChI is InChI=1S/C16H15Cl2N5O6S/c1-8-5-6-19-15(20-8)22-16(26)23-30(27,28)11-7-9(21-13(24)12(17)18)3-4-10(11)14(25)29-2/h3-7,12H,1-2H3,(H,21,24)(H2,19,20,22,23,26). The van der Waals surface area contributed by atoms with Crippen molar-refractivity contribution in [2.24, 2.45) is 0 Å². The van der Waals surface area contributed by atoms with Crippen molar-refractivity contribution in [2.45, 2.75) is 16.7 Å². The zero-order valence-corrected chi connectivity index (χ0v) is 17.8. The lowest BCUT2D eigenvalue weighted by molar-refractivity contribution is -0.114. The molecule has 1 aromatic heterocycles. The van der Waals surface area contributed by atoms with Gasteiger partial charge >= 0.3 is 12.0 Å². The van der Waals surface area contributed by atoms with Crippen molar-refractivity contribution >= 4 is 62.8 Å². The van der Waals surface area contributed by atoms with Crippen LogP contribution in [0, 0.1) is 6.92 Å². The molecule has 3 N–H and O–H groups in total. The second kappa shape index (κ2) is 9.69. The molecule has 14 heteroatoms. The molecule has 0 aliphatic heterocycles. The van der Waals surface area contributed by atoms with Gasteiger partial charge in [0, 0.05) is 17.6 Å². The van der Waals surface area contributed by atoms with Gasteiger partial charge in [-0.3, -0.25) is 10.1 Å². The van der Waals surface area contributed by atoms with Crippen molar-refractivity contribution in [3.63, 3.8) is 0 Å². The molecule has 0 atom stereocenters. The summed E-state index contributed by atoms with van der Waals surface area (Å²) < 4.78 is 31.8. The highest BCUT2D eigenvalue weighted by molar-refractivity contribution is 7.90. The van der Waals surface area contributed by atoms with Crippen LogP contribution in [-0.2, 0) is 19.6 Å². The summed E-state index contributed by atoms with van der Waals surface area (Å²) in [5.74, 6) is -1.94. The van der Waals surface area contributed by atoms with E-state index in [0.29, 0.717) is 5.69 Å². The SMILES string of the molecule is COC(=O)c1ccc(NC(=O)C(Cl)Cl)cc1S(=O)(=O)NC(=O)Nc1nccc(C)n1. The molecule has 0 saturated heterocycles. The molecular weight excluding hydrogens is 461 g/mol. The number of rotatable bonds is 6. The van der Waals surface area contributed by atoms with Gasteiger partial charge in [0.05, 0.1) is 12.7 Å². The molecule has 2 rings (SSSR count). The van der Waals surface area contributed by atoms with E-state index in [4.69, 9.17) is 23.2 Å². The summed E-state index contributed by atoms with van der Waals surface area (Å²) in [5, 5.41) is 4.43. The van der Waals surface area contributed by atoms with Crippen molar-refractivity contribution in [1.29, 1.82) is 0 Å². The monoisotopic (exact) mass is 475 g/mol. The number of carbonyl (C=O) groups excluding carboxylic acids is 3. The topological polar surface area (TPSA) is 156 Å². The minimum atomic E-state index is -4.59. The van der Waals surface area contributed by atoms with E-state index in [2.05, 4.69) is 25.3 Å². The van der Waals surface area contributed by atoms with E-state index in [1.54, 1.807) is 17.7 Å². The summed E-state index contributed by atoms with van der Waals surface area (Å²) in [7, 11) is -3.54. The van der Waals surface area contributed by atoms with Gasteiger partial charge in [-0.25, -0.2) is 32.7 Å². The van der Waals surface area contributed by atoms with E-state index in [-0.39, 0.29) is 17.2 Å². The number of ether oxygens (including phenoxy) is 1. The number of aryl methyl sites for hydroxylation is 1. The summed E-state index contributed by atoms with van der Waals surface area (Å²) in [6, 6.07) is 3.68. The molecule has 0 bridgehead atoms. The lowest BCUT2D eigenvalue weighted by atomic mass is 10.2. The van der Waals surface area contributed by atoms with Crippen LogP contribution in [0.15, 0.2) is 35.4 Å². The van der Waals surface area contributed by atoms with Gasteiger partial charge in [-0.05, 0) is 31.2 Å². The van der Waals surface area contributed by atoms with Crippen molar-refractivity contribution in [2.75, 3.05) is 17.7 Å². The number of benzene rings is 1. The Morgan fingerprint density at radius 1 is 1.13 bits per heavy atom. The zero-order valence-electron chi connectivity index (χ0n) is 15.5. The van der Waals surface area contributed by atoms with Gasteiger partial charge in [-0.1, -0.05) is 23.2 Å². The Labute approximate surface area is 181 Å². The largest absolute Gasteiger partial charge is 0.465 e. The van der Waals surface area contributed by atoms with Crippen LogP contribution in [0.2, 0.25) is 0 Å². The molecule has 1 heterocycles. The number of anilines is 2. The van der Waals surface area contributed by atoms with Crippen LogP contribution in [0.4, 0.5) is 16.4 Å². The number of sulfonamides is 1. The molecule has 0 spiro atoms. The maximum atomic E-state index is 12.7. The number of hydrogen-bond acceptors (Lipinski definition) is 8. The fourth-order valence-corrected chi connectivity index (χ4v) is 3.35. The van der Waals surface area contributed by atoms with Crippen molar-refractivity contribution < 1.29 is 27.5 Å². The van der Waals surface area contributed by atoms with Gasteiger partial charge < -0.3 is 10.1 Å². The number of nitrogens with zero attached hydrogens (tertiary/aromatic N) is 2. The summed E-state index contributed by atoms with van der Waals surface area (Å²) in [5.41, 5.74) is 0.120. The predicted molar refractivity (Wildman–Crippen MR) is 108 cm³/mol. The van der Waals surface area contributed by atoms with Gasteiger partial charge in [0.15, 0.2) is 4.84 Å². The van der Waals surface area contributed by atoms with Gasteiger partial charge in [0.2, 0.25) is 5.95 Å². The molecule has 0 fully saturated rings. The highest BCUT2D eigenvalue weighted by atomic mass is 35.5. The summed E-state index contributed by atoms with van der Waals surface area (Å²) in [4.78, 5) is 41.4. The normalized spacial score (nSPS) is 11.0. The van der Waals surface area contributed by atoms with Crippen LogP contribution in [0.1, 0.15) is 16.1 Å². The number of urea groups is 1. The maximum Gasteiger partial charge on any atom is 0.339 e. The zero-order chi connectivity index (χ0) is 22.5. The van der Waals surface area contributed by atoms with Gasteiger partial charge in [-0.2, -0.15) is 0 Å². The molecular formula is C16H15Cl2N5O6S. The Morgan fingerprint density at radius 2 is 1.83 bits per heavy atom. The highest BCUT2D eigenvalue weighted by Crippen LogP contribution is 2.22. The number of nitrogens with one attached hydrogen (secondary N) is 3. The quantitative estimate of drug-likeness (QED) is 0.421. The Kier molecular flexibility index (Phi) is 7.54. The summed E-state index contributed by atoms with van der Waals surface area (Å²) >= 11 is 10.9. The molecule has 160 valence electrons. The van der Waals surface area contributed by atoms with E-state index >= 15 is 0 Å². The van der Waals surface area contributed by atoms with E-state index in [9.17, 15) is 22.8 Å². The summed E-state index contributed by atoms with van der Waals surface area (Å²) in [6.45, 7) is 1.65. The minimum absolute atomic E-state index is 0.0400. The van der Waals surface area contributed by atoms with Crippen LogP contribution >= 0.6 is 23.2 Å². The molecule has 1 aromatic carbocycles.